The van der Waals surface area contributed by atoms with Crippen molar-refractivity contribution in [3.8, 4) is 17.2 Å². The van der Waals surface area contributed by atoms with Crippen molar-refractivity contribution in [2.24, 2.45) is 0 Å². The summed E-state index contributed by atoms with van der Waals surface area (Å²) in [6, 6.07) is 19.6. The highest BCUT2D eigenvalue weighted by molar-refractivity contribution is 5.95. The van der Waals surface area contributed by atoms with E-state index >= 15 is 0 Å². The summed E-state index contributed by atoms with van der Waals surface area (Å²) < 4.78 is 6.64. The fourth-order valence-electron chi connectivity index (χ4n) is 3.21. The summed E-state index contributed by atoms with van der Waals surface area (Å²) in [5.74, 6) is 0.278. The van der Waals surface area contributed by atoms with Gasteiger partial charge in [0.1, 0.15) is 11.4 Å². The molecular formula is C23H19N5O2. The van der Waals surface area contributed by atoms with Crippen LogP contribution in [-0.4, -0.2) is 27.2 Å². The van der Waals surface area contributed by atoms with Crippen molar-refractivity contribution >= 4 is 17.4 Å². The van der Waals surface area contributed by atoms with Crippen LogP contribution in [0.15, 0.2) is 67.0 Å². The Balaban J connectivity index is 1.52. The minimum absolute atomic E-state index is 0.295. The van der Waals surface area contributed by atoms with Gasteiger partial charge >= 0.3 is 5.97 Å². The second kappa shape index (κ2) is 8.45. The maximum absolute atomic E-state index is 12.0. The van der Waals surface area contributed by atoms with Gasteiger partial charge in [0, 0.05) is 12.7 Å². The fraction of sp³-hybridized carbons (Fsp3) is 0.130. The van der Waals surface area contributed by atoms with E-state index in [1.807, 2.05) is 48.5 Å². The number of nitriles is 1. The molecule has 2 aromatic carbocycles. The van der Waals surface area contributed by atoms with E-state index in [4.69, 9.17) is 4.74 Å². The molecule has 0 amide bonds. The molecule has 0 unspecified atom stereocenters. The van der Waals surface area contributed by atoms with Gasteiger partial charge in [-0.3, -0.25) is 0 Å². The van der Waals surface area contributed by atoms with Crippen LogP contribution in [0.2, 0.25) is 0 Å². The number of esters is 1. The van der Waals surface area contributed by atoms with Crippen LogP contribution < -0.4 is 5.32 Å². The number of nitrogens with zero attached hydrogens (tertiary/aromatic N) is 4. The van der Waals surface area contributed by atoms with Crippen LogP contribution in [0, 0.1) is 11.3 Å². The van der Waals surface area contributed by atoms with Crippen molar-refractivity contribution in [2.45, 2.75) is 13.5 Å². The molecule has 0 bridgehead atoms. The molecule has 4 rings (SSSR count). The van der Waals surface area contributed by atoms with Gasteiger partial charge in [-0.1, -0.05) is 42.5 Å². The highest BCUT2D eigenvalue weighted by Crippen LogP contribution is 2.24. The Morgan fingerprint density at radius 2 is 1.97 bits per heavy atom. The first-order valence-electron chi connectivity index (χ1n) is 9.53. The second-order valence-electron chi connectivity index (χ2n) is 6.55. The Hall–Kier alpha value is -4.18. The Labute approximate surface area is 173 Å². The summed E-state index contributed by atoms with van der Waals surface area (Å²) >= 11 is 0. The molecule has 7 nitrogen and oxygen atoms in total. The number of carbonyl (C=O) groups is 1. The number of hydrogen-bond acceptors (Lipinski definition) is 6. The van der Waals surface area contributed by atoms with Crippen LogP contribution in [0.5, 0.6) is 0 Å². The van der Waals surface area contributed by atoms with Crippen LogP contribution >= 0.6 is 0 Å². The highest BCUT2D eigenvalue weighted by Gasteiger charge is 2.16. The lowest BCUT2D eigenvalue weighted by molar-refractivity contribution is 0.0528. The number of fused-ring (bicyclic) bond motifs is 1. The van der Waals surface area contributed by atoms with Gasteiger partial charge in [0.05, 0.1) is 24.4 Å². The molecule has 0 fully saturated rings. The van der Waals surface area contributed by atoms with Crippen molar-refractivity contribution in [2.75, 3.05) is 11.9 Å². The number of ether oxygens (including phenoxy) is 1. The topological polar surface area (TPSA) is 92.3 Å². The molecule has 0 radical (unpaired) electrons. The number of carbonyl (C=O) groups excluding carboxylic acids is 1. The predicted octanol–water partition coefficient (Wildman–Crippen LogP) is 4.06. The van der Waals surface area contributed by atoms with Gasteiger partial charge < -0.3 is 10.1 Å². The van der Waals surface area contributed by atoms with E-state index in [2.05, 4.69) is 21.5 Å². The SMILES string of the molecule is CCOC(=O)c1cnn2c(NCc3ccc(-c4ccccc4C#N)cc3)ccnc12. The maximum Gasteiger partial charge on any atom is 0.343 e. The normalized spacial score (nSPS) is 10.5. The van der Waals surface area contributed by atoms with Crippen LogP contribution in [0.1, 0.15) is 28.4 Å². The van der Waals surface area contributed by atoms with E-state index in [0.29, 0.717) is 29.9 Å². The minimum Gasteiger partial charge on any atom is -0.462 e. The molecule has 30 heavy (non-hydrogen) atoms. The van der Waals surface area contributed by atoms with Gasteiger partial charge in [-0.2, -0.15) is 14.9 Å². The Morgan fingerprint density at radius 3 is 2.73 bits per heavy atom. The Morgan fingerprint density at radius 1 is 1.17 bits per heavy atom. The summed E-state index contributed by atoms with van der Waals surface area (Å²) in [5.41, 5.74) is 4.41. The van der Waals surface area contributed by atoms with Gasteiger partial charge in [-0.05, 0) is 35.7 Å². The van der Waals surface area contributed by atoms with E-state index in [1.54, 1.807) is 23.7 Å². The highest BCUT2D eigenvalue weighted by atomic mass is 16.5. The molecule has 4 aromatic rings. The molecule has 1 N–H and O–H groups in total. The lowest BCUT2D eigenvalue weighted by Crippen LogP contribution is -2.07. The van der Waals surface area contributed by atoms with E-state index < -0.39 is 5.97 Å². The van der Waals surface area contributed by atoms with Gasteiger partial charge in [0.15, 0.2) is 5.65 Å². The zero-order valence-corrected chi connectivity index (χ0v) is 16.4. The van der Waals surface area contributed by atoms with Crippen LogP contribution in [0.3, 0.4) is 0 Å². The molecule has 0 spiro atoms. The Kier molecular flexibility index (Phi) is 5.39. The van der Waals surface area contributed by atoms with Crippen molar-refractivity contribution in [3.63, 3.8) is 0 Å². The van der Waals surface area contributed by atoms with Crippen molar-refractivity contribution in [1.82, 2.24) is 14.6 Å². The monoisotopic (exact) mass is 397 g/mol. The summed E-state index contributed by atoms with van der Waals surface area (Å²) in [6.45, 7) is 2.62. The number of hydrogen-bond donors (Lipinski definition) is 1. The van der Waals surface area contributed by atoms with Gasteiger partial charge in [0.2, 0.25) is 0 Å². The van der Waals surface area contributed by atoms with E-state index in [-0.39, 0.29) is 0 Å². The summed E-state index contributed by atoms with van der Waals surface area (Å²) in [6.07, 6.45) is 3.09. The van der Waals surface area contributed by atoms with Crippen LogP contribution in [0.25, 0.3) is 16.8 Å². The van der Waals surface area contributed by atoms with Crippen LogP contribution in [0.4, 0.5) is 5.82 Å². The second-order valence-corrected chi connectivity index (χ2v) is 6.55. The van der Waals surface area contributed by atoms with E-state index in [1.165, 1.54) is 6.20 Å². The zero-order chi connectivity index (χ0) is 20.9. The molecule has 0 aliphatic carbocycles. The standard InChI is InChI=1S/C23H19N5O2/c1-2-30-23(29)20-15-27-28-21(11-12-25-22(20)28)26-14-16-7-9-17(10-8-16)19-6-4-3-5-18(19)13-24/h3-12,15,26H,2,14H2,1H3. The van der Waals surface area contributed by atoms with Crippen molar-refractivity contribution < 1.29 is 9.53 Å². The summed E-state index contributed by atoms with van der Waals surface area (Å²) in [7, 11) is 0. The molecule has 0 aliphatic rings. The molecule has 7 heteroatoms. The molecule has 2 aromatic heterocycles. The first kappa shape index (κ1) is 19.2. The molecular weight excluding hydrogens is 378 g/mol. The van der Waals surface area contributed by atoms with Crippen LogP contribution in [-0.2, 0) is 11.3 Å². The van der Waals surface area contributed by atoms with Gasteiger partial charge in [-0.15, -0.1) is 0 Å². The Bertz CT molecular complexity index is 1240. The van der Waals surface area contributed by atoms with E-state index in [0.717, 1.165) is 22.5 Å². The zero-order valence-electron chi connectivity index (χ0n) is 16.4. The number of rotatable bonds is 6. The summed E-state index contributed by atoms with van der Waals surface area (Å²) in [4.78, 5) is 16.3. The number of anilines is 1. The first-order chi connectivity index (χ1) is 14.7. The molecule has 0 aliphatic heterocycles. The first-order valence-corrected chi connectivity index (χ1v) is 9.53. The minimum atomic E-state index is -0.439. The molecule has 0 saturated heterocycles. The number of aromatic nitrogens is 3. The summed E-state index contributed by atoms with van der Waals surface area (Å²) in [5, 5.41) is 16.9. The molecule has 0 atom stereocenters. The lowest BCUT2D eigenvalue weighted by Gasteiger charge is -2.10. The predicted molar refractivity (Wildman–Crippen MR) is 113 cm³/mol. The average molecular weight is 397 g/mol. The largest absolute Gasteiger partial charge is 0.462 e. The smallest absolute Gasteiger partial charge is 0.343 e. The molecule has 2 heterocycles. The third-order valence-electron chi connectivity index (χ3n) is 4.68. The molecule has 148 valence electrons. The average Bonchev–Trinajstić information content (AvgIpc) is 3.23. The van der Waals surface area contributed by atoms with E-state index in [9.17, 15) is 10.1 Å². The third kappa shape index (κ3) is 3.71. The van der Waals surface area contributed by atoms with Gasteiger partial charge in [-0.25, -0.2) is 9.78 Å². The van der Waals surface area contributed by atoms with Crippen molar-refractivity contribution in [3.05, 3.63) is 83.7 Å². The number of nitrogens with one attached hydrogen (secondary N) is 1. The van der Waals surface area contributed by atoms with Gasteiger partial charge in [0.25, 0.3) is 0 Å². The van der Waals surface area contributed by atoms with Crippen molar-refractivity contribution in [1.29, 1.82) is 5.26 Å². The quantitative estimate of drug-likeness (QED) is 0.493. The lowest BCUT2D eigenvalue weighted by atomic mass is 9.99. The third-order valence-corrected chi connectivity index (χ3v) is 4.68. The molecule has 0 saturated carbocycles. The number of benzene rings is 2. The fourth-order valence-corrected chi connectivity index (χ4v) is 3.21. The maximum atomic E-state index is 12.0.